The van der Waals surface area contributed by atoms with Crippen LogP contribution in [0.15, 0.2) is 14.4 Å². The zero-order valence-corrected chi connectivity index (χ0v) is 10.8. The number of rotatable bonds is 2. The van der Waals surface area contributed by atoms with E-state index in [1.807, 2.05) is 22.6 Å². The zero-order valence-electron chi connectivity index (χ0n) is 8.65. The molecule has 6 nitrogen and oxygen atoms in total. The predicted molar refractivity (Wildman–Crippen MR) is 64.7 cm³/mol. The number of H-pyrrole nitrogens is 1. The van der Waals surface area contributed by atoms with Gasteiger partial charge in [-0.25, -0.2) is 23.5 Å². The number of aromatic nitrogens is 3. The summed E-state index contributed by atoms with van der Waals surface area (Å²) in [6, 6.07) is -0.275. The number of nitrogens with one attached hydrogen (secondary N) is 1. The van der Waals surface area contributed by atoms with Crippen molar-refractivity contribution in [2.24, 2.45) is 0 Å². The molecule has 0 bridgehead atoms. The van der Waals surface area contributed by atoms with Gasteiger partial charge >= 0.3 is 17.1 Å². The summed E-state index contributed by atoms with van der Waals surface area (Å²) in [6.45, 7) is 5.12. The second-order valence-electron chi connectivity index (χ2n) is 3.43. The molecule has 1 heterocycles. The summed E-state index contributed by atoms with van der Waals surface area (Å²) in [5.74, 6) is 0. The monoisotopic (exact) mass is 325 g/mol. The van der Waals surface area contributed by atoms with Crippen LogP contribution in [0.5, 0.6) is 0 Å². The minimum absolute atomic E-state index is 0.275. The molecule has 1 N–H and O–H groups in total. The van der Waals surface area contributed by atoms with E-state index in [1.54, 1.807) is 20.8 Å². The van der Waals surface area contributed by atoms with Gasteiger partial charge in [-0.15, -0.1) is 0 Å². The first-order chi connectivity index (χ1) is 6.86. The van der Waals surface area contributed by atoms with Gasteiger partial charge in [0.1, 0.15) is 0 Å². The molecule has 0 fully saturated rings. The van der Waals surface area contributed by atoms with Crippen LogP contribution >= 0.6 is 22.6 Å². The average Bonchev–Trinajstić information content (AvgIpc) is 1.99. The molecule has 1 unspecified atom stereocenters. The van der Waals surface area contributed by atoms with Crippen molar-refractivity contribution in [1.82, 2.24) is 14.1 Å². The Morgan fingerprint density at radius 3 is 1.93 bits per heavy atom. The summed E-state index contributed by atoms with van der Waals surface area (Å²) in [5, 5.41) is 0. The van der Waals surface area contributed by atoms with Gasteiger partial charge in [-0.05, 0) is 20.8 Å². The highest BCUT2D eigenvalue weighted by atomic mass is 127. The Balaban J connectivity index is 3.73. The van der Waals surface area contributed by atoms with E-state index in [9.17, 15) is 14.4 Å². The molecule has 1 aromatic rings. The summed E-state index contributed by atoms with van der Waals surface area (Å²) in [7, 11) is 0. The molecular weight excluding hydrogens is 313 g/mol. The van der Waals surface area contributed by atoms with Crippen LogP contribution in [-0.4, -0.2) is 14.1 Å². The van der Waals surface area contributed by atoms with Crippen molar-refractivity contribution in [2.75, 3.05) is 0 Å². The van der Waals surface area contributed by atoms with Crippen LogP contribution in [0, 0.1) is 0 Å². The van der Waals surface area contributed by atoms with Crippen LogP contribution in [0.2, 0.25) is 0 Å². The topological polar surface area (TPSA) is 76.9 Å². The van der Waals surface area contributed by atoms with Crippen LogP contribution in [0.4, 0.5) is 0 Å². The molecule has 1 rings (SSSR count). The smallest absolute Gasteiger partial charge is 0.259 e. The van der Waals surface area contributed by atoms with Crippen molar-refractivity contribution < 1.29 is 0 Å². The van der Waals surface area contributed by atoms with Gasteiger partial charge in [0.15, 0.2) is 0 Å². The van der Waals surface area contributed by atoms with E-state index < -0.39 is 17.1 Å². The molecule has 15 heavy (non-hydrogen) atoms. The van der Waals surface area contributed by atoms with E-state index in [2.05, 4.69) is 4.98 Å². The third-order valence-electron chi connectivity index (χ3n) is 1.94. The Morgan fingerprint density at radius 1 is 1.07 bits per heavy atom. The highest BCUT2D eigenvalue weighted by Crippen LogP contribution is 2.07. The lowest BCUT2D eigenvalue weighted by atomic mass is 10.4. The molecule has 1 aromatic heterocycles. The number of aromatic amines is 1. The summed E-state index contributed by atoms with van der Waals surface area (Å²) < 4.78 is 1.74. The fourth-order valence-electron chi connectivity index (χ4n) is 1.27. The molecule has 84 valence electrons. The molecule has 0 aliphatic rings. The Bertz CT molecular complexity index is 480. The summed E-state index contributed by atoms with van der Waals surface area (Å²) in [4.78, 5) is 36.7. The second kappa shape index (κ2) is 4.33. The van der Waals surface area contributed by atoms with E-state index in [1.165, 1.54) is 0 Å². The summed E-state index contributed by atoms with van der Waals surface area (Å²) in [6.07, 6.45) is 0. The fourth-order valence-corrected chi connectivity index (χ4v) is 1.76. The third-order valence-corrected chi connectivity index (χ3v) is 2.49. The van der Waals surface area contributed by atoms with Gasteiger partial charge in [-0.2, -0.15) is 0 Å². The maximum atomic E-state index is 11.8. The maximum Gasteiger partial charge on any atom is 0.337 e. The van der Waals surface area contributed by atoms with Crippen LogP contribution in [0.25, 0.3) is 0 Å². The van der Waals surface area contributed by atoms with E-state index in [0.717, 1.165) is 9.13 Å². The molecule has 0 aliphatic heterocycles. The Hall–Kier alpha value is -0.860. The van der Waals surface area contributed by atoms with Gasteiger partial charge in [-0.3, -0.25) is 4.98 Å². The number of hydrogen-bond donors (Lipinski definition) is 1. The van der Waals surface area contributed by atoms with Crippen molar-refractivity contribution in [3.8, 4) is 0 Å². The van der Waals surface area contributed by atoms with Crippen molar-refractivity contribution in [1.29, 1.82) is 0 Å². The molecule has 1 atom stereocenters. The molecule has 7 heteroatoms. The first-order valence-corrected chi connectivity index (χ1v) is 5.72. The lowest BCUT2D eigenvalue weighted by Gasteiger charge is -2.12. The van der Waals surface area contributed by atoms with Crippen molar-refractivity contribution in [3.05, 3.63) is 31.5 Å². The van der Waals surface area contributed by atoms with Crippen LogP contribution in [-0.2, 0) is 0 Å². The van der Waals surface area contributed by atoms with E-state index >= 15 is 0 Å². The van der Waals surface area contributed by atoms with Gasteiger partial charge in [0.25, 0.3) is 0 Å². The predicted octanol–water partition coefficient (Wildman–Crippen LogP) is 0.233. The SMILES string of the molecule is CC(C)n1c(=O)[nH]c(=O)n(C(C)I)c1=O. The Morgan fingerprint density at radius 2 is 1.53 bits per heavy atom. The van der Waals surface area contributed by atoms with Gasteiger partial charge in [0, 0.05) is 6.04 Å². The molecule has 0 saturated heterocycles. The largest absolute Gasteiger partial charge is 0.337 e. The van der Waals surface area contributed by atoms with Crippen molar-refractivity contribution >= 4 is 22.6 Å². The van der Waals surface area contributed by atoms with Crippen molar-refractivity contribution in [2.45, 2.75) is 30.9 Å². The summed E-state index contributed by atoms with van der Waals surface area (Å²) in [5.41, 5.74) is -1.89. The molecule has 0 amide bonds. The standard InChI is InChI=1S/C8H12IN3O3/c1-4(2)11-6(13)10-7(14)12(5(3)9)8(11)15/h4-5H,1-3H3,(H,10,13,14). The van der Waals surface area contributed by atoms with Crippen LogP contribution < -0.4 is 17.1 Å². The number of nitrogens with zero attached hydrogens (tertiary/aromatic N) is 2. The van der Waals surface area contributed by atoms with Crippen molar-refractivity contribution in [3.63, 3.8) is 0 Å². The number of alkyl halides is 1. The molecular formula is C8H12IN3O3. The highest BCUT2D eigenvalue weighted by molar-refractivity contribution is 14.1. The molecule has 0 aromatic carbocycles. The van der Waals surface area contributed by atoms with Gasteiger partial charge in [0.2, 0.25) is 0 Å². The van der Waals surface area contributed by atoms with E-state index in [4.69, 9.17) is 0 Å². The van der Waals surface area contributed by atoms with Crippen LogP contribution in [0.1, 0.15) is 30.9 Å². The van der Waals surface area contributed by atoms with Gasteiger partial charge in [0.05, 0.1) is 4.05 Å². The number of halogens is 1. The Labute approximate surface area is 99.1 Å². The lowest BCUT2D eigenvalue weighted by Crippen LogP contribution is -2.50. The zero-order chi connectivity index (χ0) is 11.7. The second-order valence-corrected chi connectivity index (χ2v) is 5.23. The summed E-state index contributed by atoms with van der Waals surface area (Å²) >= 11 is 1.94. The van der Waals surface area contributed by atoms with E-state index in [0.29, 0.717) is 0 Å². The van der Waals surface area contributed by atoms with Gasteiger partial charge < -0.3 is 0 Å². The average molecular weight is 325 g/mol. The fraction of sp³-hybridized carbons (Fsp3) is 0.625. The number of hydrogen-bond acceptors (Lipinski definition) is 3. The molecule has 0 aliphatic carbocycles. The maximum absolute atomic E-state index is 11.8. The molecule has 0 spiro atoms. The van der Waals surface area contributed by atoms with E-state index in [-0.39, 0.29) is 10.1 Å². The third kappa shape index (κ3) is 2.21. The normalized spacial score (nSPS) is 13.1. The molecule has 0 saturated carbocycles. The minimum atomic E-state index is -0.663. The first kappa shape index (κ1) is 12.2. The lowest BCUT2D eigenvalue weighted by molar-refractivity contribution is 0.478. The quantitative estimate of drug-likeness (QED) is 0.625. The first-order valence-electron chi connectivity index (χ1n) is 4.47. The molecule has 0 radical (unpaired) electrons. The Kier molecular flexibility index (Phi) is 3.53. The minimum Gasteiger partial charge on any atom is -0.259 e. The van der Waals surface area contributed by atoms with Gasteiger partial charge in [-0.1, -0.05) is 22.6 Å². The van der Waals surface area contributed by atoms with Crippen LogP contribution in [0.3, 0.4) is 0 Å². The highest BCUT2D eigenvalue weighted by Gasteiger charge is 2.14.